The molecule has 0 amide bonds. The average Bonchev–Trinajstić information content (AvgIpc) is 2.26. The van der Waals surface area contributed by atoms with Gasteiger partial charge in [0.1, 0.15) is 0 Å². The van der Waals surface area contributed by atoms with Gasteiger partial charge in [0.05, 0.1) is 18.9 Å². The Labute approximate surface area is 119 Å². The molecule has 0 radical (unpaired) electrons. The number of alkyl halides is 3. The highest BCUT2D eigenvalue weighted by Gasteiger charge is 2.35. The summed E-state index contributed by atoms with van der Waals surface area (Å²) in [7, 11) is 0. The number of hydrogen-bond donors (Lipinski definition) is 1. The van der Waals surface area contributed by atoms with Crippen LogP contribution in [0.25, 0.3) is 10.9 Å². The number of halogens is 6. The number of nitrogens with one attached hydrogen (secondary N) is 1. The van der Waals surface area contributed by atoms with Crippen LogP contribution in [0.2, 0.25) is 0 Å². The Bertz CT molecular complexity index is 697. The molecule has 0 atom stereocenters. The maximum absolute atomic E-state index is 13.5. The van der Waals surface area contributed by atoms with Crippen LogP contribution in [0.15, 0.2) is 15.3 Å². The van der Waals surface area contributed by atoms with Gasteiger partial charge >= 0.3 is 6.18 Å². The smallest absolute Gasteiger partial charge is 0.302 e. The number of hydrogen-bond acceptors (Lipinski definition) is 2. The van der Waals surface area contributed by atoms with E-state index in [4.69, 9.17) is 0 Å². The quantitative estimate of drug-likeness (QED) is 0.390. The van der Waals surface area contributed by atoms with Gasteiger partial charge in [-0.3, -0.25) is 4.79 Å². The predicted octanol–water partition coefficient (Wildman–Crippen LogP) is 3.45. The predicted molar refractivity (Wildman–Crippen MR) is 67.7 cm³/mol. The Balaban J connectivity index is 2.93. The molecule has 0 bridgehead atoms. The van der Waals surface area contributed by atoms with Crippen molar-refractivity contribution in [2.45, 2.75) is 6.18 Å². The van der Waals surface area contributed by atoms with Crippen LogP contribution in [0.3, 0.4) is 0 Å². The topological polar surface area (TPSA) is 45.8 Å². The molecule has 2 aromatic rings. The minimum Gasteiger partial charge on any atom is -0.302 e. The SMILES string of the molecule is O=c1[nH]c(C(F)(F)F)nc2c(I)c(F)c(Br)cc12. The molecule has 1 aromatic carbocycles. The van der Waals surface area contributed by atoms with Crippen LogP contribution < -0.4 is 5.56 Å². The van der Waals surface area contributed by atoms with Crippen molar-refractivity contribution < 1.29 is 17.6 Å². The van der Waals surface area contributed by atoms with Crippen LogP contribution in [0, 0.1) is 9.39 Å². The molecule has 1 aromatic heterocycles. The van der Waals surface area contributed by atoms with Gasteiger partial charge < -0.3 is 4.98 Å². The standard InChI is InChI=1S/C9H2BrF4IN2O/c10-3-1-2-6(5(15)4(3)11)16-8(9(12,13)14)17-7(2)18/h1H,(H,16,17,18). The van der Waals surface area contributed by atoms with Gasteiger partial charge in [-0.2, -0.15) is 13.2 Å². The first kappa shape index (κ1) is 13.7. The normalized spacial score (nSPS) is 12.1. The van der Waals surface area contributed by atoms with Gasteiger partial charge in [-0.15, -0.1) is 0 Å². The van der Waals surface area contributed by atoms with Crippen molar-refractivity contribution in [1.29, 1.82) is 0 Å². The van der Waals surface area contributed by atoms with Crippen molar-refractivity contribution in [1.82, 2.24) is 9.97 Å². The summed E-state index contributed by atoms with van der Waals surface area (Å²) in [4.78, 5) is 16.4. The average molecular weight is 437 g/mol. The molecular formula is C9H2BrF4IN2O. The van der Waals surface area contributed by atoms with E-state index in [2.05, 4.69) is 20.9 Å². The first-order chi connectivity index (χ1) is 8.21. The van der Waals surface area contributed by atoms with Crippen LogP contribution >= 0.6 is 38.5 Å². The Morgan fingerprint density at radius 3 is 2.56 bits per heavy atom. The summed E-state index contributed by atoms with van der Waals surface area (Å²) in [6.45, 7) is 0. The molecule has 0 aliphatic carbocycles. The number of benzene rings is 1. The van der Waals surface area contributed by atoms with E-state index in [1.54, 1.807) is 4.98 Å². The molecule has 18 heavy (non-hydrogen) atoms. The minimum absolute atomic E-state index is 0.00791. The van der Waals surface area contributed by atoms with Gasteiger partial charge in [-0.05, 0) is 44.6 Å². The summed E-state index contributed by atoms with van der Waals surface area (Å²) >= 11 is 4.38. The lowest BCUT2D eigenvalue weighted by molar-refractivity contribution is -0.144. The molecule has 2 rings (SSSR count). The number of H-pyrrole nitrogens is 1. The highest BCUT2D eigenvalue weighted by atomic mass is 127. The molecule has 0 aliphatic rings. The van der Waals surface area contributed by atoms with E-state index in [9.17, 15) is 22.4 Å². The van der Waals surface area contributed by atoms with E-state index in [-0.39, 0.29) is 18.9 Å². The second-order valence-corrected chi connectivity index (χ2v) is 5.23. The van der Waals surface area contributed by atoms with Gasteiger partial charge in [-0.25, -0.2) is 9.37 Å². The summed E-state index contributed by atoms with van der Waals surface area (Å²) in [6, 6.07) is 1.10. The Hall–Kier alpha value is -0.710. The van der Waals surface area contributed by atoms with Gasteiger partial charge in [0.2, 0.25) is 5.82 Å². The van der Waals surface area contributed by atoms with Crippen LogP contribution in [0.4, 0.5) is 17.6 Å². The van der Waals surface area contributed by atoms with Crippen molar-refractivity contribution in [2.75, 3.05) is 0 Å². The largest absolute Gasteiger partial charge is 0.449 e. The Morgan fingerprint density at radius 1 is 1.39 bits per heavy atom. The number of fused-ring (bicyclic) bond motifs is 1. The number of aromatic nitrogens is 2. The summed E-state index contributed by atoms with van der Waals surface area (Å²) in [5.74, 6) is -2.20. The van der Waals surface area contributed by atoms with Crippen molar-refractivity contribution in [2.24, 2.45) is 0 Å². The summed E-state index contributed by atoms with van der Waals surface area (Å²) < 4.78 is 50.8. The third-order valence-corrected chi connectivity index (χ3v) is 3.67. The van der Waals surface area contributed by atoms with Crippen molar-refractivity contribution >= 4 is 49.4 Å². The molecule has 1 heterocycles. The van der Waals surface area contributed by atoms with Crippen molar-refractivity contribution in [3.63, 3.8) is 0 Å². The number of rotatable bonds is 0. The monoisotopic (exact) mass is 436 g/mol. The van der Waals surface area contributed by atoms with Gasteiger partial charge in [0.25, 0.3) is 5.56 Å². The highest BCUT2D eigenvalue weighted by Crippen LogP contribution is 2.30. The van der Waals surface area contributed by atoms with Crippen molar-refractivity contribution in [3.8, 4) is 0 Å². The zero-order valence-electron chi connectivity index (χ0n) is 8.20. The third kappa shape index (κ3) is 2.25. The molecular weight excluding hydrogens is 435 g/mol. The molecule has 3 nitrogen and oxygen atoms in total. The highest BCUT2D eigenvalue weighted by molar-refractivity contribution is 14.1. The molecule has 0 saturated heterocycles. The molecule has 0 aliphatic heterocycles. The fourth-order valence-corrected chi connectivity index (χ4v) is 2.82. The first-order valence-electron chi connectivity index (χ1n) is 4.36. The van der Waals surface area contributed by atoms with E-state index in [1.165, 1.54) is 22.6 Å². The summed E-state index contributed by atoms with van der Waals surface area (Å²) in [5, 5.41) is -0.110. The van der Waals surface area contributed by atoms with E-state index in [0.29, 0.717) is 0 Å². The molecule has 96 valence electrons. The lowest BCUT2D eigenvalue weighted by atomic mass is 10.2. The number of nitrogens with zero attached hydrogens (tertiary/aromatic N) is 1. The second-order valence-electron chi connectivity index (χ2n) is 3.29. The molecule has 0 unspecified atom stereocenters. The fraction of sp³-hybridized carbons (Fsp3) is 0.111. The molecule has 0 saturated carbocycles. The Morgan fingerprint density at radius 2 is 2.00 bits per heavy atom. The van der Waals surface area contributed by atoms with Crippen LogP contribution in [-0.4, -0.2) is 9.97 Å². The van der Waals surface area contributed by atoms with Crippen LogP contribution in [0.1, 0.15) is 5.82 Å². The van der Waals surface area contributed by atoms with Crippen LogP contribution in [0.5, 0.6) is 0 Å². The van der Waals surface area contributed by atoms with E-state index in [0.717, 1.165) is 6.07 Å². The zero-order chi connectivity index (χ0) is 13.7. The van der Waals surface area contributed by atoms with Gasteiger partial charge in [-0.1, -0.05) is 0 Å². The molecule has 0 spiro atoms. The third-order valence-electron chi connectivity index (χ3n) is 2.11. The lowest BCUT2D eigenvalue weighted by Gasteiger charge is -2.08. The van der Waals surface area contributed by atoms with E-state index < -0.39 is 23.4 Å². The summed E-state index contributed by atoms with van der Waals surface area (Å²) in [6.07, 6.45) is -4.79. The second kappa shape index (κ2) is 4.44. The van der Waals surface area contributed by atoms with Gasteiger partial charge in [0, 0.05) is 0 Å². The van der Waals surface area contributed by atoms with E-state index >= 15 is 0 Å². The number of aromatic amines is 1. The first-order valence-corrected chi connectivity index (χ1v) is 6.23. The van der Waals surface area contributed by atoms with Gasteiger partial charge in [0.15, 0.2) is 5.82 Å². The summed E-state index contributed by atoms with van der Waals surface area (Å²) in [5.41, 5.74) is -1.28. The fourth-order valence-electron chi connectivity index (χ4n) is 1.32. The maximum Gasteiger partial charge on any atom is 0.449 e. The minimum atomic E-state index is -4.79. The molecule has 0 fully saturated rings. The lowest BCUT2D eigenvalue weighted by Crippen LogP contribution is -2.19. The maximum atomic E-state index is 13.5. The molecule has 1 N–H and O–H groups in total. The van der Waals surface area contributed by atoms with Crippen LogP contribution in [-0.2, 0) is 6.18 Å². The van der Waals surface area contributed by atoms with Crippen molar-refractivity contribution in [3.05, 3.63) is 36.1 Å². The Kier molecular flexibility index (Phi) is 3.38. The zero-order valence-corrected chi connectivity index (χ0v) is 11.9. The molecule has 9 heteroatoms. The van der Waals surface area contributed by atoms with E-state index in [1.807, 2.05) is 0 Å².